The van der Waals surface area contributed by atoms with E-state index in [1.54, 1.807) is 20.5 Å². The number of unbranched alkanes of at least 4 members (excludes halogenated alkanes) is 1. The van der Waals surface area contributed by atoms with Gasteiger partial charge in [0.1, 0.15) is 18.0 Å². The molecular formula is C26H29ClN2O5S. The fourth-order valence-electron chi connectivity index (χ4n) is 4.00. The number of oxime groups is 1. The molecule has 186 valence electrons. The Hall–Kier alpha value is -2.97. The first-order valence-corrected chi connectivity index (χ1v) is 12.6. The zero-order valence-electron chi connectivity index (χ0n) is 20.7. The molecule has 0 unspecified atom stereocenters. The molecule has 0 bridgehead atoms. The van der Waals surface area contributed by atoms with E-state index >= 15 is 0 Å². The van der Waals surface area contributed by atoms with E-state index in [-0.39, 0.29) is 5.12 Å². The summed E-state index contributed by atoms with van der Waals surface area (Å²) < 4.78 is 16.4. The van der Waals surface area contributed by atoms with Crippen molar-refractivity contribution in [2.24, 2.45) is 5.16 Å². The molecule has 9 heteroatoms. The first-order valence-electron chi connectivity index (χ1n) is 11.0. The van der Waals surface area contributed by atoms with Gasteiger partial charge in [-0.25, -0.2) is 0 Å². The molecule has 1 heterocycles. The van der Waals surface area contributed by atoms with E-state index in [0.29, 0.717) is 34.4 Å². The van der Waals surface area contributed by atoms with E-state index in [1.807, 2.05) is 38.1 Å². The van der Waals surface area contributed by atoms with Gasteiger partial charge in [0.05, 0.1) is 25.2 Å². The minimum atomic E-state index is -0.0546. The molecule has 0 aliphatic rings. The summed E-state index contributed by atoms with van der Waals surface area (Å²) in [6, 6.07) is 7.97. The van der Waals surface area contributed by atoms with Gasteiger partial charge in [-0.2, -0.15) is 0 Å². The zero-order chi connectivity index (χ0) is 25.5. The summed E-state index contributed by atoms with van der Waals surface area (Å²) >= 11 is 7.24. The molecule has 0 amide bonds. The molecule has 0 fully saturated rings. The number of carbonyl (C=O) groups is 1. The molecule has 0 atom stereocenters. The second-order valence-corrected chi connectivity index (χ2v) is 9.10. The number of allylic oxidation sites excluding steroid dienone is 1. The number of methoxy groups -OCH3 is 2. The molecule has 0 aliphatic carbocycles. The molecule has 2 aromatic carbocycles. The van der Waals surface area contributed by atoms with E-state index in [4.69, 9.17) is 30.4 Å². The second kappa shape index (κ2) is 12.1. The number of aromatic nitrogens is 1. The first-order chi connectivity index (χ1) is 16.8. The van der Waals surface area contributed by atoms with E-state index in [9.17, 15) is 4.79 Å². The third kappa shape index (κ3) is 6.00. The van der Waals surface area contributed by atoms with Gasteiger partial charge in [-0.3, -0.25) is 4.79 Å². The lowest BCUT2D eigenvalue weighted by molar-refractivity contribution is 0.108. The molecular weight excluding hydrogens is 488 g/mol. The van der Waals surface area contributed by atoms with Gasteiger partial charge < -0.3 is 18.8 Å². The summed E-state index contributed by atoms with van der Waals surface area (Å²) in [5.74, 6) is 1.01. The summed E-state index contributed by atoms with van der Waals surface area (Å²) in [6.45, 7) is 3.91. The Kier molecular flexibility index (Phi) is 9.23. The van der Waals surface area contributed by atoms with Crippen molar-refractivity contribution in [1.29, 1.82) is 0 Å². The van der Waals surface area contributed by atoms with E-state index < -0.39 is 0 Å². The molecule has 7 nitrogen and oxygen atoms in total. The molecule has 35 heavy (non-hydrogen) atoms. The highest BCUT2D eigenvalue weighted by Crippen LogP contribution is 2.36. The number of ether oxygens (including phenoxy) is 2. The summed E-state index contributed by atoms with van der Waals surface area (Å²) in [5, 5.41) is 8.94. The van der Waals surface area contributed by atoms with Crippen molar-refractivity contribution >= 4 is 50.2 Å². The largest absolute Gasteiger partial charge is 0.496 e. The maximum atomic E-state index is 12.7. The quantitative estimate of drug-likeness (QED) is 0.167. The number of fused-ring (bicyclic) bond motifs is 1. The van der Waals surface area contributed by atoms with E-state index in [2.05, 4.69) is 16.4 Å². The van der Waals surface area contributed by atoms with Gasteiger partial charge in [0.25, 0.3) is 5.88 Å². The Morgan fingerprint density at radius 1 is 1.11 bits per heavy atom. The van der Waals surface area contributed by atoms with Crippen LogP contribution in [-0.2, 0) is 4.84 Å². The van der Waals surface area contributed by atoms with Gasteiger partial charge in [-0.05, 0) is 90.2 Å². The van der Waals surface area contributed by atoms with Gasteiger partial charge in [0.15, 0.2) is 5.58 Å². The van der Waals surface area contributed by atoms with E-state index in [0.717, 1.165) is 57.8 Å². The molecule has 0 aliphatic heterocycles. The predicted octanol–water partition coefficient (Wildman–Crippen LogP) is 6.77. The predicted molar refractivity (Wildman–Crippen MR) is 142 cm³/mol. The van der Waals surface area contributed by atoms with Gasteiger partial charge >= 0.3 is 0 Å². The molecule has 0 saturated heterocycles. The number of thioether (sulfide) groups is 1. The Bertz CT molecular complexity index is 1280. The normalized spacial score (nSPS) is 12.2. The van der Waals surface area contributed by atoms with Gasteiger partial charge in [0, 0.05) is 6.42 Å². The smallest absolute Gasteiger partial charge is 0.261 e. The standard InChI is InChI=1S/C26H29ClN2O5S/c1-15-11-18(14-21(23(15)31-3)26(30)35-6)19(9-7-8-10-22(27)28-33-5)17-12-16(2)24-20(13-17)25(32-4)29-34-24/h9,11-14H,7-8,10H2,1-6H3/b19-9-,28-22-. The Morgan fingerprint density at radius 2 is 1.83 bits per heavy atom. The van der Waals surface area contributed by atoms with Crippen LogP contribution < -0.4 is 9.47 Å². The summed E-state index contributed by atoms with van der Waals surface area (Å²) in [5.41, 5.74) is 5.86. The maximum absolute atomic E-state index is 12.7. The molecule has 0 N–H and O–H groups in total. The Labute approximate surface area is 214 Å². The van der Waals surface area contributed by atoms with Gasteiger partial charge in [0.2, 0.25) is 5.12 Å². The van der Waals surface area contributed by atoms with Crippen LogP contribution in [-0.4, -0.2) is 43.0 Å². The minimum Gasteiger partial charge on any atom is -0.496 e. The van der Waals surface area contributed by atoms with Gasteiger partial charge in [-0.15, -0.1) is 0 Å². The summed E-state index contributed by atoms with van der Waals surface area (Å²) in [6.07, 6.45) is 6.01. The lowest BCUT2D eigenvalue weighted by Crippen LogP contribution is -2.02. The number of hydrogen-bond donors (Lipinski definition) is 0. The topological polar surface area (TPSA) is 83.2 Å². The second-order valence-electron chi connectivity index (χ2n) is 7.89. The molecule has 3 aromatic rings. The van der Waals surface area contributed by atoms with Crippen LogP contribution in [0, 0.1) is 13.8 Å². The fourth-order valence-corrected chi connectivity index (χ4v) is 4.57. The van der Waals surface area contributed by atoms with Crippen LogP contribution in [0.1, 0.15) is 51.9 Å². The lowest BCUT2D eigenvalue weighted by Gasteiger charge is -2.16. The lowest BCUT2D eigenvalue weighted by atomic mass is 9.91. The monoisotopic (exact) mass is 516 g/mol. The Balaban J connectivity index is 2.15. The van der Waals surface area contributed by atoms with Crippen molar-refractivity contribution in [3.8, 4) is 11.6 Å². The first kappa shape index (κ1) is 26.6. The van der Waals surface area contributed by atoms with Crippen molar-refractivity contribution in [1.82, 2.24) is 5.16 Å². The third-order valence-corrected chi connectivity index (χ3v) is 6.40. The van der Waals surface area contributed by atoms with Crippen LogP contribution >= 0.6 is 23.4 Å². The average Bonchev–Trinajstić information content (AvgIpc) is 3.26. The summed E-state index contributed by atoms with van der Waals surface area (Å²) in [7, 11) is 4.61. The number of benzene rings is 2. The number of nitrogens with zero attached hydrogens (tertiary/aromatic N) is 2. The van der Waals surface area contributed by atoms with Crippen LogP contribution in [0.15, 0.2) is 40.0 Å². The van der Waals surface area contributed by atoms with Crippen molar-refractivity contribution in [2.75, 3.05) is 27.6 Å². The highest BCUT2D eigenvalue weighted by molar-refractivity contribution is 8.13. The van der Waals surface area contributed by atoms with Crippen LogP contribution in [0.2, 0.25) is 0 Å². The van der Waals surface area contributed by atoms with Crippen molar-refractivity contribution < 1.29 is 23.6 Å². The average molecular weight is 517 g/mol. The van der Waals surface area contributed by atoms with Crippen LogP contribution in [0.25, 0.3) is 16.5 Å². The highest BCUT2D eigenvalue weighted by Gasteiger charge is 2.19. The summed E-state index contributed by atoms with van der Waals surface area (Å²) in [4.78, 5) is 17.5. The molecule has 0 saturated carbocycles. The van der Waals surface area contributed by atoms with Crippen molar-refractivity contribution in [2.45, 2.75) is 33.1 Å². The minimum absolute atomic E-state index is 0.0546. The SMILES string of the molecule is CO/N=C(\Cl)CCC/C=C(\c1cc(C)c(OC)c(C(=O)SC)c1)c1cc(C)c2onc(OC)c2c1. The maximum Gasteiger partial charge on any atom is 0.261 e. The number of hydrogen-bond acceptors (Lipinski definition) is 8. The molecule has 0 radical (unpaired) electrons. The van der Waals surface area contributed by atoms with E-state index in [1.165, 1.54) is 7.11 Å². The van der Waals surface area contributed by atoms with Gasteiger partial charge in [-0.1, -0.05) is 34.6 Å². The number of rotatable bonds is 10. The van der Waals surface area contributed by atoms with Crippen molar-refractivity contribution in [3.05, 3.63) is 58.2 Å². The fraction of sp³-hybridized carbons (Fsp3) is 0.346. The Morgan fingerprint density at radius 3 is 2.49 bits per heavy atom. The van der Waals surface area contributed by atoms with Crippen LogP contribution in [0.4, 0.5) is 0 Å². The van der Waals surface area contributed by atoms with Crippen LogP contribution in [0.3, 0.4) is 0 Å². The number of halogens is 1. The highest BCUT2D eigenvalue weighted by atomic mass is 35.5. The third-order valence-electron chi connectivity index (χ3n) is 5.55. The molecule has 1 aromatic heterocycles. The van der Waals surface area contributed by atoms with Crippen LogP contribution in [0.5, 0.6) is 11.6 Å². The molecule has 3 rings (SSSR count). The van der Waals surface area contributed by atoms with Crippen molar-refractivity contribution in [3.63, 3.8) is 0 Å². The molecule has 0 spiro atoms. The number of aryl methyl sites for hydroxylation is 2. The number of carbonyl (C=O) groups excluding carboxylic acids is 1. The zero-order valence-corrected chi connectivity index (χ0v) is 22.3.